The minimum atomic E-state index is 0.750. The van der Waals surface area contributed by atoms with Crippen molar-refractivity contribution in [1.82, 2.24) is 4.90 Å². The molecule has 0 aromatic heterocycles. The normalized spacial score (nSPS) is 25.2. The third kappa shape index (κ3) is 5.39. The molecule has 122 valence electrons. The Kier molecular flexibility index (Phi) is 9.80. The van der Waals surface area contributed by atoms with Crippen LogP contribution >= 0.6 is 0 Å². The van der Waals surface area contributed by atoms with E-state index < -0.39 is 0 Å². The van der Waals surface area contributed by atoms with Crippen LogP contribution in [-0.4, -0.2) is 24.0 Å². The van der Waals surface area contributed by atoms with Crippen LogP contribution in [0.3, 0.4) is 0 Å². The Balaban J connectivity index is 0.000000829. The highest BCUT2D eigenvalue weighted by molar-refractivity contribution is 4.94. The molecule has 0 radical (unpaired) electrons. The monoisotopic (exact) mass is 283 g/mol. The maximum atomic E-state index is 2.66. The predicted octanol–water partition coefficient (Wildman–Crippen LogP) is 5.99. The molecular formula is C19H41N. The molecule has 0 aromatic carbocycles. The van der Waals surface area contributed by atoms with Crippen molar-refractivity contribution in [3.8, 4) is 0 Å². The van der Waals surface area contributed by atoms with Crippen LogP contribution in [0.2, 0.25) is 0 Å². The zero-order valence-electron chi connectivity index (χ0n) is 15.6. The first-order valence-corrected chi connectivity index (χ1v) is 9.26. The molecule has 1 nitrogen and oxygen atoms in total. The van der Waals surface area contributed by atoms with Crippen LogP contribution < -0.4 is 0 Å². The van der Waals surface area contributed by atoms with E-state index in [2.05, 4.69) is 32.6 Å². The molecule has 1 aliphatic carbocycles. The Morgan fingerprint density at radius 1 is 0.850 bits per heavy atom. The molecule has 1 aliphatic heterocycles. The maximum Gasteiger partial charge on any atom is 0.00385 e. The molecule has 1 atom stereocenters. The number of nitrogens with zero attached hydrogens (tertiary/aromatic N) is 1. The first-order chi connectivity index (χ1) is 9.52. The highest BCUT2D eigenvalue weighted by Crippen LogP contribution is 2.50. The Bertz CT molecular complexity index is 224. The molecule has 2 rings (SSSR count). The van der Waals surface area contributed by atoms with Crippen molar-refractivity contribution >= 4 is 0 Å². The van der Waals surface area contributed by atoms with Crippen LogP contribution in [0.15, 0.2) is 0 Å². The first kappa shape index (κ1) is 20.0. The van der Waals surface area contributed by atoms with Crippen molar-refractivity contribution in [2.75, 3.05) is 13.1 Å². The van der Waals surface area contributed by atoms with E-state index in [1.165, 1.54) is 45.2 Å². The molecule has 1 saturated carbocycles. The number of hydrogen-bond donors (Lipinski definition) is 0. The fourth-order valence-electron chi connectivity index (χ4n) is 3.79. The zero-order valence-corrected chi connectivity index (χ0v) is 15.6. The first-order valence-electron chi connectivity index (χ1n) is 9.26. The Hall–Kier alpha value is -0.0400. The summed E-state index contributed by atoms with van der Waals surface area (Å²) in [7, 11) is 0. The summed E-state index contributed by atoms with van der Waals surface area (Å²) in [5, 5.41) is 0. The molecule has 1 heteroatoms. The number of piperidine rings is 1. The summed E-state index contributed by atoms with van der Waals surface area (Å²) in [6.07, 6.45) is 7.47. The van der Waals surface area contributed by atoms with E-state index in [9.17, 15) is 0 Å². The van der Waals surface area contributed by atoms with Gasteiger partial charge in [0.05, 0.1) is 0 Å². The lowest BCUT2D eigenvalue weighted by molar-refractivity contribution is 0.0821. The minimum Gasteiger partial charge on any atom is -0.301 e. The molecule has 1 heterocycles. The van der Waals surface area contributed by atoms with Gasteiger partial charge in [-0.15, -0.1) is 0 Å². The SMILES string of the molecule is CC.CC.CC(C)C1CCC2(CCN(C(C)C)CC2)C1. The molecule has 1 saturated heterocycles. The second kappa shape index (κ2) is 9.82. The van der Waals surface area contributed by atoms with Gasteiger partial charge in [-0.3, -0.25) is 0 Å². The highest BCUT2D eigenvalue weighted by Gasteiger charge is 2.42. The van der Waals surface area contributed by atoms with E-state index in [0.717, 1.165) is 23.3 Å². The predicted molar refractivity (Wildman–Crippen MR) is 93.3 cm³/mol. The average Bonchev–Trinajstić information content (AvgIpc) is 2.88. The van der Waals surface area contributed by atoms with Crippen LogP contribution in [-0.2, 0) is 0 Å². The number of rotatable bonds is 2. The van der Waals surface area contributed by atoms with Crippen LogP contribution in [0.25, 0.3) is 0 Å². The van der Waals surface area contributed by atoms with Gasteiger partial charge in [-0.2, -0.15) is 0 Å². The van der Waals surface area contributed by atoms with Gasteiger partial charge in [0, 0.05) is 6.04 Å². The van der Waals surface area contributed by atoms with E-state index in [0.29, 0.717) is 0 Å². The van der Waals surface area contributed by atoms with Crippen LogP contribution in [0, 0.1) is 17.3 Å². The summed E-state index contributed by atoms with van der Waals surface area (Å²) in [4.78, 5) is 2.66. The van der Waals surface area contributed by atoms with Gasteiger partial charge in [0.25, 0.3) is 0 Å². The van der Waals surface area contributed by atoms with Crippen LogP contribution in [0.5, 0.6) is 0 Å². The Morgan fingerprint density at radius 2 is 1.35 bits per heavy atom. The molecule has 0 N–H and O–H groups in total. The van der Waals surface area contributed by atoms with Gasteiger partial charge in [0.15, 0.2) is 0 Å². The van der Waals surface area contributed by atoms with Gasteiger partial charge in [-0.05, 0) is 76.3 Å². The van der Waals surface area contributed by atoms with Crippen molar-refractivity contribution in [3.05, 3.63) is 0 Å². The van der Waals surface area contributed by atoms with Crippen LogP contribution in [0.1, 0.15) is 87.5 Å². The van der Waals surface area contributed by atoms with Gasteiger partial charge in [-0.1, -0.05) is 41.5 Å². The van der Waals surface area contributed by atoms with Crippen molar-refractivity contribution < 1.29 is 0 Å². The average molecular weight is 284 g/mol. The smallest absolute Gasteiger partial charge is 0.00385 e. The van der Waals surface area contributed by atoms with Gasteiger partial charge in [0.2, 0.25) is 0 Å². The highest BCUT2D eigenvalue weighted by atomic mass is 15.2. The van der Waals surface area contributed by atoms with Crippen molar-refractivity contribution in [1.29, 1.82) is 0 Å². The quantitative estimate of drug-likeness (QED) is 0.602. The van der Waals surface area contributed by atoms with Gasteiger partial charge in [0.1, 0.15) is 0 Å². The topological polar surface area (TPSA) is 3.24 Å². The van der Waals surface area contributed by atoms with Crippen LogP contribution in [0.4, 0.5) is 0 Å². The summed E-state index contributed by atoms with van der Waals surface area (Å²) in [5.41, 5.74) is 0.750. The second-order valence-corrected chi connectivity index (χ2v) is 6.88. The van der Waals surface area contributed by atoms with Crippen molar-refractivity contribution in [2.24, 2.45) is 17.3 Å². The summed E-state index contributed by atoms with van der Waals surface area (Å²) in [6.45, 7) is 20.2. The van der Waals surface area contributed by atoms with Gasteiger partial charge < -0.3 is 4.90 Å². The second-order valence-electron chi connectivity index (χ2n) is 6.88. The summed E-state index contributed by atoms with van der Waals surface area (Å²) >= 11 is 0. The Labute approximate surface area is 129 Å². The standard InChI is InChI=1S/C15H29N.2C2H6/c1-12(2)14-5-6-15(11-14)7-9-16(10-8-15)13(3)4;2*1-2/h12-14H,5-11H2,1-4H3;2*1-2H3. The molecule has 20 heavy (non-hydrogen) atoms. The van der Waals surface area contributed by atoms with Crippen molar-refractivity contribution in [2.45, 2.75) is 93.5 Å². The molecule has 0 amide bonds. The van der Waals surface area contributed by atoms with E-state index in [-0.39, 0.29) is 0 Å². The molecule has 2 fully saturated rings. The minimum absolute atomic E-state index is 0.750. The molecule has 0 bridgehead atoms. The Morgan fingerprint density at radius 3 is 1.70 bits per heavy atom. The summed E-state index contributed by atoms with van der Waals surface area (Å²) < 4.78 is 0. The third-order valence-corrected chi connectivity index (χ3v) is 5.27. The zero-order chi connectivity index (χ0) is 15.8. The van der Waals surface area contributed by atoms with E-state index >= 15 is 0 Å². The lowest BCUT2D eigenvalue weighted by Crippen LogP contribution is -2.42. The fourth-order valence-corrected chi connectivity index (χ4v) is 3.79. The molecular weight excluding hydrogens is 242 g/mol. The van der Waals surface area contributed by atoms with Gasteiger partial charge in [-0.25, -0.2) is 0 Å². The molecule has 1 spiro atoms. The number of likely N-dealkylation sites (tertiary alicyclic amines) is 1. The summed E-state index contributed by atoms with van der Waals surface area (Å²) in [5.74, 6) is 1.92. The lowest BCUT2D eigenvalue weighted by atomic mass is 9.75. The largest absolute Gasteiger partial charge is 0.301 e. The third-order valence-electron chi connectivity index (χ3n) is 5.27. The van der Waals surface area contributed by atoms with E-state index in [4.69, 9.17) is 0 Å². The summed E-state index contributed by atoms with van der Waals surface area (Å²) in [6, 6.07) is 0.750. The lowest BCUT2D eigenvalue weighted by Gasteiger charge is -2.41. The molecule has 2 aliphatic rings. The maximum absolute atomic E-state index is 2.66. The van der Waals surface area contributed by atoms with Gasteiger partial charge >= 0.3 is 0 Å². The molecule has 0 aromatic rings. The van der Waals surface area contributed by atoms with E-state index in [1.54, 1.807) is 0 Å². The number of hydrogen-bond acceptors (Lipinski definition) is 1. The van der Waals surface area contributed by atoms with Crippen molar-refractivity contribution in [3.63, 3.8) is 0 Å². The molecule has 1 unspecified atom stereocenters. The fraction of sp³-hybridized carbons (Fsp3) is 1.00. The van der Waals surface area contributed by atoms with E-state index in [1.807, 2.05) is 27.7 Å².